The number of morpholine rings is 1. The van der Waals surface area contributed by atoms with Crippen molar-refractivity contribution in [1.82, 2.24) is 4.90 Å². The summed E-state index contributed by atoms with van der Waals surface area (Å²) in [7, 11) is 0. The van der Waals surface area contributed by atoms with Gasteiger partial charge in [-0.2, -0.15) is 5.26 Å². The van der Waals surface area contributed by atoms with Gasteiger partial charge in [0.25, 0.3) is 0 Å². The molecule has 4 nitrogen and oxygen atoms in total. The number of ether oxygens (including phenoxy) is 1. The van der Waals surface area contributed by atoms with Crippen LogP contribution in [0.5, 0.6) is 0 Å². The fraction of sp³-hybridized carbons (Fsp3) is 0.857. The van der Waals surface area contributed by atoms with Crippen LogP contribution in [0.1, 0.15) is 44.9 Å². The Morgan fingerprint density at radius 3 is 2.67 bits per heavy atom. The molecule has 0 aromatic carbocycles. The molecular formula is C14H22N2O2. The number of hydrogen-bond acceptors (Lipinski definition) is 3. The van der Waals surface area contributed by atoms with Gasteiger partial charge in [-0.25, -0.2) is 0 Å². The van der Waals surface area contributed by atoms with E-state index in [1.807, 2.05) is 4.90 Å². The molecule has 100 valence electrons. The second kappa shape index (κ2) is 6.75. The number of nitriles is 1. The first-order chi connectivity index (χ1) is 8.79. The number of carbonyl (C=O) groups is 1. The van der Waals surface area contributed by atoms with Gasteiger partial charge in [0.2, 0.25) is 5.91 Å². The minimum atomic E-state index is -0.433. The van der Waals surface area contributed by atoms with Crippen molar-refractivity contribution in [3.8, 4) is 6.07 Å². The molecule has 1 saturated carbocycles. The Morgan fingerprint density at radius 2 is 2.00 bits per heavy atom. The molecule has 18 heavy (non-hydrogen) atoms. The predicted octanol–water partition coefficient (Wildman–Crippen LogP) is 2.10. The summed E-state index contributed by atoms with van der Waals surface area (Å²) in [6, 6.07) is 2.09. The molecule has 0 spiro atoms. The average molecular weight is 250 g/mol. The SMILES string of the molecule is N#CC1CN(C(=O)CC2CCCCCC2)CCO1. The molecular weight excluding hydrogens is 228 g/mol. The molecule has 1 heterocycles. The number of amides is 1. The largest absolute Gasteiger partial charge is 0.360 e. The molecule has 1 aliphatic carbocycles. The van der Waals surface area contributed by atoms with Crippen LogP contribution in [0.4, 0.5) is 0 Å². The van der Waals surface area contributed by atoms with Crippen molar-refractivity contribution in [1.29, 1.82) is 5.26 Å². The van der Waals surface area contributed by atoms with Crippen molar-refractivity contribution in [2.75, 3.05) is 19.7 Å². The van der Waals surface area contributed by atoms with Gasteiger partial charge in [-0.15, -0.1) is 0 Å². The van der Waals surface area contributed by atoms with E-state index in [4.69, 9.17) is 10.00 Å². The molecule has 2 aliphatic rings. The normalized spacial score (nSPS) is 26.4. The molecule has 1 atom stereocenters. The second-order valence-electron chi connectivity index (χ2n) is 5.39. The van der Waals surface area contributed by atoms with Crippen LogP contribution in [0.3, 0.4) is 0 Å². The van der Waals surface area contributed by atoms with Crippen LogP contribution in [0.25, 0.3) is 0 Å². The first kappa shape index (κ1) is 13.4. The van der Waals surface area contributed by atoms with Crippen molar-refractivity contribution in [3.63, 3.8) is 0 Å². The van der Waals surface area contributed by atoms with Gasteiger partial charge >= 0.3 is 0 Å². The van der Waals surface area contributed by atoms with Crippen LogP contribution in [-0.2, 0) is 9.53 Å². The second-order valence-corrected chi connectivity index (χ2v) is 5.39. The highest BCUT2D eigenvalue weighted by atomic mass is 16.5. The highest BCUT2D eigenvalue weighted by Gasteiger charge is 2.26. The van der Waals surface area contributed by atoms with E-state index >= 15 is 0 Å². The van der Waals surface area contributed by atoms with Gasteiger partial charge in [0.05, 0.1) is 19.2 Å². The molecule has 0 bridgehead atoms. The monoisotopic (exact) mass is 250 g/mol. The van der Waals surface area contributed by atoms with Crippen molar-refractivity contribution < 1.29 is 9.53 Å². The van der Waals surface area contributed by atoms with E-state index in [1.54, 1.807) is 0 Å². The number of hydrogen-bond donors (Lipinski definition) is 0. The number of carbonyl (C=O) groups excluding carboxylic acids is 1. The third-order valence-corrected chi connectivity index (χ3v) is 4.00. The van der Waals surface area contributed by atoms with Crippen LogP contribution in [0.15, 0.2) is 0 Å². The Kier molecular flexibility index (Phi) is 5.00. The van der Waals surface area contributed by atoms with Gasteiger partial charge in [-0.05, 0) is 18.8 Å². The summed E-state index contributed by atoms with van der Waals surface area (Å²) in [6.45, 7) is 1.58. The molecule has 0 aromatic rings. The van der Waals surface area contributed by atoms with Crippen molar-refractivity contribution in [3.05, 3.63) is 0 Å². The Bertz CT molecular complexity index is 316. The van der Waals surface area contributed by atoms with Crippen molar-refractivity contribution in [2.24, 2.45) is 5.92 Å². The zero-order valence-electron chi connectivity index (χ0n) is 10.9. The molecule has 0 aromatic heterocycles. The lowest BCUT2D eigenvalue weighted by molar-refractivity contribution is -0.138. The summed E-state index contributed by atoms with van der Waals surface area (Å²) >= 11 is 0. The molecule has 1 saturated heterocycles. The van der Waals surface area contributed by atoms with E-state index in [1.165, 1.54) is 38.5 Å². The van der Waals surface area contributed by atoms with E-state index in [0.717, 1.165) is 0 Å². The van der Waals surface area contributed by atoms with E-state index in [9.17, 15) is 4.79 Å². The maximum Gasteiger partial charge on any atom is 0.223 e. The maximum atomic E-state index is 12.2. The van der Waals surface area contributed by atoms with E-state index in [-0.39, 0.29) is 5.91 Å². The summed E-state index contributed by atoms with van der Waals surface area (Å²) in [5.41, 5.74) is 0. The fourth-order valence-corrected chi connectivity index (χ4v) is 2.90. The quantitative estimate of drug-likeness (QED) is 0.705. The van der Waals surface area contributed by atoms with Gasteiger partial charge in [0.15, 0.2) is 6.10 Å². The van der Waals surface area contributed by atoms with Crippen molar-refractivity contribution >= 4 is 5.91 Å². The molecule has 1 unspecified atom stereocenters. The van der Waals surface area contributed by atoms with Gasteiger partial charge in [0.1, 0.15) is 0 Å². The maximum absolute atomic E-state index is 12.2. The number of nitrogens with zero attached hydrogens (tertiary/aromatic N) is 2. The lowest BCUT2D eigenvalue weighted by Crippen LogP contribution is -2.45. The molecule has 2 fully saturated rings. The molecule has 1 aliphatic heterocycles. The van der Waals surface area contributed by atoms with Gasteiger partial charge in [-0.1, -0.05) is 25.7 Å². The molecule has 0 N–H and O–H groups in total. The molecule has 0 radical (unpaired) electrons. The van der Waals surface area contributed by atoms with Crippen LogP contribution >= 0.6 is 0 Å². The van der Waals surface area contributed by atoms with Crippen LogP contribution in [0, 0.1) is 17.2 Å². The Morgan fingerprint density at radius 1 is 1.28 bits per heavy atom. The summed E-state index contributed by atoms with van der Waals surface area (Å²) in [5, 5.41) is 8.84. The van der Waals surface area contributed by atoms with Crippen LogP contribution < -0.4 is 0 Å². The van der Waals surface area contributed by atoms with E-state index in [2.05, 4.69) is 6.07 Å². The van der Waals surface area contributed by atoms with E-state index < -0.39 is 6.10 Å². The zero-order chi connectivity index (χ0) is 12.8. The highest BCUT2D eigenvalue weighted by molar-refractivity contribution is 5.76. The molecule has 2 rings (SSSR count). The highest BCUT2D eigenvalue weighted by Crippen LogP contribution is 2.26. The Balaban J connectivity index is 1.81. The van der Waals surface area contributed by atoms with Gasteiger partial charge in [0, 0.05) is 13.0 Å². The summed E-state index contributed by atoms with van der Waals surface area (Å²) < 4.78 is 5.26. The summed E-state index contributed by atoms with van der Waals surface area (Å²) in [5.74, 6) is 0.772. The summed E-state index contributed by atoms with van der Waals surface area (Å²) in [6.07, 6.45) is 7.78. The van der Waals surface area contributed by atoms with Gasteiger partial charge < -0.3 is 9.64 Å². The first-order valence-electron chi connectivity index (χ1n) is 7.08. The fourth-order valence-electron chi connectivity index (χ4n) is 2.90. The lowest BCUT2D eigenvalue weighted by Gasteiger charge is -2.30. The third kappa shape index (κ3) is 3.71. The van der Waals surface area contributed by atoms with Gasteiger partial charge in [-0.3, -0.25) is 4.79 Å². The first-order valence-corrected chi connectivity index (χ1v) is 7.08. The lowest BCUT2D eigenvalue weighted by atomic mass is 9.96. The minimum absolute atomic E-state index is 0.213. The Hall–Kier alpha value is -1.08. The summed E-state index contributed by atoms with van der Waals surface area (Å²) in [4.78, 5) is 14.0. The minimum Gasteiger partial charge on any atom is -0.360 e. The standard InChI is InChI=1S/C14H22N2O2/c15-10-13-11-16(7-8-18-13)14(17)9-12-5-3-1-2-4-6-12/h12-13H,1-9,11H2. The smallest absolute Gasteiger partial charge is 0.223 e. The zero-order valence-corrected chi connectivity index (χ0v) is 10.9. The topological polar surface area (TPSA) is 53.3 Å². The van der Waals surface area contributed by atoms with Crippen molar-refractivity contribution in [2.45, 2.75) is 51.0 Å². The molecule has 1 amide bonds. The molecule has 4 heteroatoms. The third-order valence-electron chi connectivity index (χ3n) is 4.00. The Labute approximate surface area is 109 Å². The number of rotatable bonds is 2. The van der Waals surface area contributed by atoms with Crippen LogP contribution in [0.2, 0.25) is 0 Å². The average Bonchev–Trinajstić information content (AvgIpc) is 2.67. The predicted molar refractivity (Wildman–Crippen MR) is 67.7 cm³/mol. The van der Waals surface area contributed by atoms with E-state index in [0.29, 0.717) is 32.0 Å². The van der Waals surface area contributed by atoms with Crippen LogP contribution in [-0.4, -0.2) is 36.6 Å².